The topological polar surface area (TPSA) is 33.9 Å². The Kier molecular flexibility index (Phi) is 5.06. The van der Waals surface area contributed by atoms with E-state index in [-0.39, 0.29) is 5.92 Å². The molecule has 1 aliphatic carbocycles. The average molecular weight is 278 g/mol. The fourth-order valence-corrected chi connectivity index (χ4v) is 3.38. The van der Waals surface area contributed by atoms with Crippen LogP contribution < -0.4 is 9.64 Å². The van der Waals surface area contributed by atoms with Crippen molar-refractivity contribution in [3.63, 3.8) is 0 Å². The Morgan fingerprint density at radius 2 is 1.75 bits per heavy atom. The molecule has 2 N–H and O–H groups in total. The van der Waals surface area contributed by atoms with Crippen LogP contribution >= 0.6 is 0 Å². The molecule has 0 radical (unpaired) electrons. The summed E-state index contributed by atoms with van der Waals surface area (Å²) in [4.78, 5) is 1.38. The summed E-state index contributed by atoms with van der Waals surface area (Å²) in [5.74, 6) is 1.08. The molecule has 0 aliphatic heterocycles. The van der Waals surface area contributed by atoms with Crippen LogP contribution in [0.25, 0.3) is 0 Å². The molecule has 0 unspecified atom stereocenters. The van der Waals surface area contributed by atoms with Crippen LogP contribution in [0, 0.1) is 0 Å². The summed E-state index contributed by atoms with van der Waals surface area (Å²) in [6.07, 6.45) is 5.40. The maximum Gasteiger partial charge on any atom is 0.118 e. The Morgan fingerprint density at radius 3 is 2.25 bits per heavy atom. The molecule has 20 heavy (non-hydrogen) atoms. The third-order valence-electron chi connectivity index (χ3n) is 4.50. The van der Waals surface area contributed by atoms with Gasteiger partial charge in [0.25, 0.3) is 0 Å². The smallest absolute Gasteiger partial charge is 0.118 e. The minimum absolute atomic E-state index is 0.207. The lowest BCUT2D eigenvalue weighted by Gasteiger charge is -2.39. The largest absolute Gasteiger partial charge is 0.497 e. The first-order valence-corrected chi connectivity index (χ1v) is 7.70. The third kappa shape index (κ3) is 3.53. The molecule has 112 valence electrons. The number of nitrogens with one attached hydrogen (secondary N) is 1. The zero-order chi connectivity index (χ0) is 14.6. The predicted molar refractivity (Wildman–Crippen MR) is 81.4 cm³/mol. The van der Waals surface area contributed by atoms with Gasteiger partial charge in [-0.05, 0) is 30.5 Å². The van der Waals surface area contributed by atoms with E-state index in [1.165, 1.54) is 16.9 Å². The van der Waals surface area contributed by atoms with E-state index in [2.05, 4.69) is 26.2 Å². The van der Waals surface area contributed by atoms with Crippen LogP contribution in [0.2, 0.25) is 0 Å². The summed E-state index contributed by atoms with van der Waals surface area (Å²) >= 11 is 0. The van der Waals surface area contributed by atoms with Gasteiger partial charge in [-0.3, -0.25) is 0 Å². The molecule has 0 saturated heterocycles. The zero-order valence-electron chi connectivity index (χ0n) is 13.0. The number of hydrogen-bond donors (Lipinski definition) is 2. The molecule has 3 heteroatoms. The van der Waals surface area contributed by atoms with Crippen LogP contribution in [0.3, 0.4) is 0 Å². The van der Waals surface area contributed by atoms with E-state index >= 15 is 0 Å². The van der Waals surface area contributed by atoms with Crippen molar-refractivity contribution >= 4 is 0 Å². The molecule has 1 fully saturated rings. The molecule has 1 saturated carbocycles. The standard InChI is InChI=1S/C17H27NO2/c1-18(2)13-16(17(19)11-5-4-6-12-17)14-7-9-15(20-3)10-8-14/h7-10,16,19H,4-6,11-13H2,1-3H3/p+1/t16-/m1/s1. The Morgan fingerprint density at radius 1 is 1.15 bits per heavy atom. The van der Waals surface area contributed by atoms with Gasteiger partial charge in [-0.15, -0.1) is 0 Å². The van der Waals surface area contributed by atoms with Crippen molar-refractivity contribution in [3.05, 3.63) is 29.8 Å². The molecule has 1 aromatic rings. The molecular formula is C17H28NO2+. The van der Waals surface area contributed by atoms with Crippen molar-refractivity contribution in [3.8, 4) is 5.75 Å². The number of quaternary nitrogens is 1. The van der Waals surface area contributed by atoms with Gasteiger partial charge in [0.2, 0.25) is 0 Å². The van der Waals surface area contributed by atoms with Crippen LogP contribution in [0.15, 0.2) is 24.3 Å². The highest BCUT2D eigenvalue weighted by molar-refractivity contribution is 5.31. The second kappa shape index (κ2) is 6.59. The van der Waals surface area contributed by atoms with Gasteiger partial charge < -0.3 is 14.7 Å². The molecule has 2 rings (SSSR count). The van der Waals surface area contributed by atoms with Gasteiger partial charge in [0.1, 0.15) is 5.75 Å². The van der Waals surface area contributed by atoms with Crippen molar-refractivity contribution in [1.82, 2.24) is 0 Å². The average Bonchev–Trinajstić information content (AvgIpc) is 2.45. The molecule has 0 bridgehead atoms. The van der Waals surface area contributed by atoms with E-state index in [9.17, 15) is 5.11 Å². The minimum atomic E-state index is -0.538. The van der Waals surface area contributed by atoms with E-state index in [0.717, 1.165) is 38.0 Å². The summed E-state index contributed by atoms with van der Waals surface area (Å²) in [6.45, 7) is 0.961. The van der Waals surface area contributed by atoms with Crippen molar-refractivity contribution in [2.75, 3.05) is 27.7 Å². The number of likely N-dealkylation sites (N-methyl/N-ethyl adjacent to an activating group) is 1. The van der Waals surface area contributed by atoms with Crippen LogP contribution in [-0.2, 0) is 0 Å². The monoisotopic (exact) mass is 278 g/mol. The summed E-state index contributed by atoms with van der Waals surface area (Å²) in [7, 11) is 6.00. The maximum atomic E-state index is 11.1. The summed E-state index contributed by atoms with van der Waals surface area (Å²) < 4.78 is 5.23. The second-order valence-electron chi connectivity index (χ2n) is 6.40. The highest BCUT2D eigenvalue weighted by atomic mass is 16.5. The minimum Gasteiger partial charge on any atom is -0.497 e. The molecule has 1 aromatic carbocycles. The van der Waals surface area contributed by atoms with Crippen molar-refractivity contribution in [1.29, 1.82) is 0 Å². The fraction of sp³-hybridized carbons (Fsp3) is 0.647. The van der Waals surface area contributed by atoms with Crippen molar-refractivity contribution in [2.24, 2.45) is 0 Å². The van der Waals surface area contributed by atoms with Crippen LogP contribution in [-0.4, -0.2) is 38.5 Å². The molecular weight excluding hydrogens is 250 g/mol. The van der Waals surface area contributed by atoms with Gasteiger partial charge in [0.05, 0.1) is 39.3 Å². The molecule has 3 nitrogen and oxygen atoms in total. The first kappa shape index (κ1) is 15.3. The third-order valence-corrected chi connectivity index (χ3v) is 4.50. The van der Waals surface area contributed by atoms with Gasteiger partial charge in [0, 0.05) is 0 Å². The van der Waals surface area contributed by atoms with Crippen molar-refractivity contribution in [2.45, 2.75) is 43.6 Å². The lowest BCUT2D eigenvalue weighted by atomic mass is 9.72. The van der Waals surface area contributed by atoms with Gasteiger partial charge >= 0.3 is 0 Å². The molecule has 1 atom stereocenters. The number of hydrogen-bond acceptors (Lipinski definition) is 2. The molecule has 1 aliphatic rings. The van der Waals surface area contributed by atoms with Crippen LogP contribution in [0.4, 0.5) is 0 Å². The predicted octanol–water partition coefficient (Wildman–Crippen LogP) is 1.62. The highest BCUT2D eigenvalue weighted by Crippen LogP contribution is 2.39. The highest BCUT2D eigenvalue weighted by Gasteiger charge is 2.40. The summed E-state index contributed by atoms with van der Waals surface area (Å²) in [5.41, 5.74) is 0.695. The quantitative estimate of drug-likeness (QED) is 0.858. The molecule has 0 aromatic heterocycles. The Hall–Kier alpha value is -1.06. The van der Waals surface area contributed by atoms with Gasteiger partial charge in [-0.1, -0.05) is 31.4 Å². The maximum absolute atomic E-state index is 11.1. The number of methoxy groups -OCH3 is 1. The van der Waals surface area contributed by atoms with Crippen LogP contribution in [0.1, 0.15) is 43.6 Å². The molecule has 0 spiro atoms. The SMILES string of the molecule is COc1ccc([C@@H](C[NH+](C)C)C2(O)CCCCC2)cc1. The van der Waals surface area contributed by atoms with E-state index in [1.807, 2.05) is 12.1 Å². The van der Waals surface area contributed by atoms with Crippen molar-refractivity contribution < 1.29 is 14.7 Å². The van der Waals surface area contributed by atoms with E-state index in [0.29, 0.717) is 0 Å². The van der Waals surface area contributed by atoms with Gasteiger partial charge in [-0.2, -0.15) is 0 Å². The summed E-state index contributed by atoms with van der Waals surface area (Å²) in [6, 6.07) is 8.22. The zero-order valence-corrected chi connectivity index (χ0v) is 13.0. The number of rotatable bonds is 5. The Bertz CT molecular complexity index is 408. The molecule has 0 amide bonds. The van der Waals surface area contributed by atoms with E-state index in [1.54, 1.807) is 7.11 Å². The van der Waals surface area contributed by atoms with Crippen LogP contribution in [0.5, 0.6) is 5.75 Å². The first-order valence-electron chi connectivity index (χ1n) is 7.70. The molecule has 0 heterocycles. The Balaban J connectivity index is 2.25. The number of ether oxygens (including phenoxy) is 1. The summed E-state index contributed by atoms with van der Waals surface area (Å²) in [5, 5.41) is 11.1. The lowest BCUT2D eigenvalue weighted by Crippen LogP contribution is -3.06. The van der Waals surface area contributed by atoms with Gasteiger partial charge in [-0.25, -0.2) is 0 Å². The lowest BCUT2D eigenvalue weighted by molar-refractivity contribution is -0.860. The second-order valence-corrected chi connectivity index (χ2v) is 6.40. The Labute approximate surface area is 122 Å². The first-order chi connectivity index (χ1) is 9.55. The van der Waals surface area contributed by atoms with E-state index < -0.39 is 5.60 Å². The fourth-order valence-electron chi connectivity index (χ4n) is 3.38. The van der Waals surface area contributed by atoms with Gasteiger partial charge in [0.15, 0.2) is 0 Å². The van der Waals surface area contributed by atoms with E-state index in [4.69, 9.17) is 4.74 Å². The number of benzene rings is 1. The number of aliphatic hydroxyl groups is 1. The normalized spacial score (nSPS) is 19.9.